The van der Waals surface area contributed by atoms with E-state index in [2.05, 4.69) is 9.98 Å². The summed E-state index contributed by atoms with van der Waals surface area (Å²) in [7, 11) is 0. The molecule has 0 N–H and O–H groups in total. The van der Waals surface area contributed by atoms with Crippen LogP contribution in [-0.4, -0.2) is 18.2 Å². The van der Waals surface area contributed by atoms with Gasteiger partial charge in [-0.15, -0.1) is 0 Å². The molecule has 0 aliphatic heterocycles. The summed E-state index contributed by atoms with van der Waals surface area (Å²) in [5.74, 6) is 0. The van der Waals surface area contributed by atoms with Crippen LogP contribution in [0.3, 0.4) is 0 Å². The minimum absolute atomic E-state index is 0.464. The van der Waals surface area contributed by atoms with Crippen molar-refractivity contribution in [1.82, 2.24) is 0 Å². The molecular weight excluding hydrogens is 204 g/mol. The highest BCUT2D eigenvalue weighted by molar-refractivity contribution is 5.40. The topological polar surface area (TPSA) is 58.9 Å². The van der Waals surface area contributed by atoms with Crippen molar-refractivity contribution >= 4 is 12.2 Å². The molecule has 1 rings (SSSR count). The summed E-state index contributed by atoms with van der Waals surface area (Å²) in [5.41, 5.74) is -0.0645. The van der Waals surface area contributed by atoms with Gasteiger partial charge in [0.15, 0.2) is 0 Å². The first-order chi connectivity index (χ1) is 7.65. The molecule has 2 unspecified atom stereocenters. The number of hydrogen-bond acceptors (Lipinski definition) is 4. The fourth-order valence-electron chi connectivity index (χ4n) is 1.47. The molecule has 82 valence electrons. The van der Waals surface area contributed by atoms with E-state index in [0.29, 0.717) is 0 Å². The maximum absolute atomic E-state index is 10.5. The van der Waals surface area contributed by atoms with Gasteiger partial charge in [0.25, 0.3) is 0 Å². The van der Waals surface area contributed by atoms with E-state index in [1.807, 2.05) is 30.3 Å². The lowest BCUT2D eigenvalue weighted by Gasteiger charge is -2.26. The fraction of sp³-hybridized carbons (Fsp3) is 0.333. The van der Waals surface area contributed by atoms with Crippen LogP contribution in [-0.2, 0) is 15.1 Å². The minimum atomic E-state index is -0.875. The number of aliphatic imine (C=N–C) groups is 2. The van der Waals surface area contributed by atoms with E-state index in [9.17, 15) is 9.59 Å². The number of rotatable bonds is 4. The molecule has 1 aromatic carbocycles. The van der Waals surface area contributed by atoms with E-state index in [-0.39, 0.29) is 0 Å². The molecule has 2 atom stereocenters. The summed E-state index contributed by atoms with van der Waals surface area (Å²) in [6.07, 6.45) is 3.02. The van der Waals surface area contributed by atoms with Gasteiger partial charge in [0, 0.05) is 0 Å². The van der Waals surface area contributed by atoms with E-state index in [1.165, 1.54) is 12.2 Å². The molecule has 0 saturated heterocycles. The highest BCUT2D eigenvalue weighted by Gasteiger charge is 2.33. The highest BCUT2D eigenvalue weighted by atomic mass is 16.1. The second kappa shape index (κ2) is 5.17. The Kier molecular flexibility index (Phi) is 3.90. The van der Waals surface area contributed by atoms with E-state index < -0.39 is 11.6 Å². The van der Waals surface area contributed by atoms with Crippen LogP contribution in [0, 0.1) is 0 Å². The number of hydrogen-bond donors (Lipinski definition) is 0. The van der Waals surface area contributed by atoms with Crippen molar-refractivity contribution in [3.05, 3.63) is 35.9 Å². The molecule has 0 heterocycles. The number of benzene rings is 1. The molecule has 0 fully saturated rings. The van der Waals surface area contributed by atoms with Crippen LogP contribution in [0.25, 0.3) is 0 Å². The highest BCUT2D eigenvalue weighted by Crippen LogP contribution is 2.30. The molecule has 0 saturated carbocycles. The molecule has 0 radical (unpaired) electrons. The van der Waals surface area contributed by atoms with Crippen molar-refractivity contribution in [2.45, 2.75) is 25.4 Å². The summed E-state index contributed by atoms with van der Waals surface area (Å²) < 4.78 is 0. The number of nitrogens with zero attached hydrogens (tertiary/aromatic N) is 2. The van der Waals surface area contributed by atoms with Crippen LogP contribution < -0.4 is 0 Å². The monoisotopic (exact) mass is 216 g/mol. The van der Waals surface area contributed by atoms with Crippen LogP contribution in [0.15, 0.2) is 40.3 Å². The predicted molar refractivity (Wildman–Crippen MR) is 59.5 cm³/mol. The number of isocyanates is 2. The molecule has 0 spiro atoms. The molecule has 4 nitrogen and oxygen atoms in total. The Labute approximate surface area is 93.7 Å². The normalized spacial score (nSPS) is 15.1. The Morgan fingerprint density at radius 2 is 1.81 bits per heavy atom. The maximum Gasteiger partial charge on any atom is 0.235 e. The molecule has 4 heteroatoms. The smallest absolute Gasteiger partial charge is 0.211 e. The first-order valence-electron chi connectivity index (χ1n) is 4.86. The van der Waals surface area contributed by atoms with E-state index in [4.69, 9.17) is 0 Å². The van der Waals surface area contributed by atoms with Gasteiger partial charge in [-0.3, -0.25) is 0 Å². The standard InChI is InChI=1S/C12H12N2O2/c1-10(13-8-15)12(2,14-9-16)11-6-4-3-5-7-11/h3-7,10H,1-2H3. The van der Waals surface area contributed by atoms with Gasteiger partial charge in [0.1, 0.15) is 5.54 Å². The van der Waals surface area contributed by atoms with Gasteiger partial charge < -0.3 is 0 Å². The van der Waals surface area contributed by atoms with Crippen LogP contribution >= 0.6 is 0 Å². The Morgan fingerprint density at radius 1 is 1.19 bits per heavy atom. The molecule has 0 amide bonds. The summed E-state index contributed by atoms with van der Waals surface area (Å²) in [6.45, 7) is 3.44. The molecule has 0 aliphatic carbocycles. The lowest BCUT2D eigenvalue weighted by atomic mass is 9.86. The predicted octanol–water partition coefficient (Wildman–Crippen LogP) is 1.96. The van der Waals surface area contributed by atoms with Gasteiger partial charge in [0.05, 0.1) is 6.04 Å². The quantitative estimate of drug-likeness (QED) is 0.570. The molecule has 0 aromatic heterocycles. The van der Waals surface area contributed by atoms with Crippen molar-refractivity contribution in [3.8, 4) is 0 Å². The Bertz CT molecular complexity index is 445. The third-order valence-corrected chi connectivity index (χ3v) is 2.70. The summed E-state index contributed by atoms with van der Waals surface area (Å²) in [4.78, 5) is 28.1. The molecule has 0 bridgehead atoms. The number of carbonyl (C=O) groups excluding carboxylic acids is 2. The summed E-state index contributed by atoms with van der Waals surface area (Å²) >= 11 is 0. The zero-order valence-electron chi connectivity index (χ0n) is 9.18. The van der Waals surface area contributed by atoms with E-state index in [1.54, 1.807) is 13.8 Å². The van der Waals surface area contributed by atoms with Crippen molar-refractivity contribution < 1.29 is 9.59 Å². The van der Waals surface area contributed by atoms with Crippen molar-refractivity contribution in [1.29, 1.82) is 0 Å². The van der Waals surface area contributed by atoms with Crippen LogP contribution in [0.4, 0.5) is 0 Å². The van der Waals surface area contributed by atoms with Gasteiger partial charge in [-0.1, -0.05) is 30.3 Å². The van der Waals surface area contributed by atoms with Crippen molar-refractivity contribution in [2.75, 3.05) is 0 Å². The van der Waals surface area contributed by atoms with E-state index in [0.717, 1.165) is 5.56 Å². The average molecular weight is 216 g/mol. The zero-order chi connectivity index (χ0) is 12.0. The van der Waals surface area contributed by atoms with Crippen LogP contribution in [0.1, 0.15) is 19.4 Å². The van der Waals surface area contributed by atoms with Gasteiger partial charge in [-0.2, -0.15) is 9.98 Å². The van der Waals surface area contributed by atoms with Gasteiger partial charge in [-0.05, 0) is 19.4 Å². The van der Waals surface area contributed by atoms with Crippen molar-refractivity contribution in [2.24, 2.45) is 9.98 Å². The first-order valence-corrected chi connectivity index (χ1v) is 4.86. The third-order valence-electron chi connectivity index (χ3n) is 2.70. The van der Waals surface area contributed by atoms with Gasteiger partial charge in [-0.25, -0.2) is 9.59 Å². The second-order valence-electron chi connectivity index (χ2n) is 3.61. The molecule has 0 aliphatic rings. The minimum Gasteiger partial charge on any atom is -0.211 e. The Hall–Kier alpha value is -2.02. The molecular formula is C12H12N2O2. The average Bonchev–Trinajstić information content (AvgIpc) is 2.30. The summed E-state index contributed by atoms with van der Waals surface area (Å²) in [6, 6.07) is 8.74. The van der Waals surface area contributed by atoms with Gasteiger partial charge in [0.2, 0.25) is 12.2 Å². The van der Waals surface area contributed by atoms with Gasteiger partial charge >= 0.3 is 0 Å². The van der Waals surface area contributed by atoms with E-state index >= 15 is 0 Å². The van der Waals surface area contributed by atoms with Crippen LogP contribution in [0.2, 0.25) is 0 Å². The zero-order valence-corrected chi connectivity index (χ0v) is 9.18. The summed E-state index contributed by atoms with van der Waals surface area (Å²) in [5, 5.41) is 0. The molecule has 1 aromatic rings. The second-order valence-corrected chi connectivity index (χ2v) is 3.61. The SMILES string of the molecule is CC(N=C=O)C(C)(N=C=O)c1ccccc1. The fourth-order valence-corrected chi connectivity index (χ4v) is 1.47. The lowest BCUT2D eigenvalue weighted by molar-refractivity contribution is 0.408. The van der Waals surface area contributed by atoms with Crippen LogP contribution in [0.5, 0.6) is 0 Å². The Balaban J connectivity index is 3.26. The maximum atomic E-state index is 10.5. The first kappa shape index (κ1) is 12.1. The third kappa shape index (κ3) is 2.31. The lowest BCUT2D eigenvalue weighted by Crippen LogP contribution is -2.31. The molecule has 16 heavy (non-hydrogen) atoms. The largest absolute Gasteiger partial charge is 0.235 e. The van der Waals surface area contributed by atoms with Crippen molar-refractivity contribution in [3.63, 3.8) is 0 Å². The Morgan fingerprint density at radius 3 is 2.31 bits per heavy atom.